The van der Waals surface area contributed by atoms with Crippen LogP contribution in [0, 0.1) is 11.3 Å². The highest BCUT2D eigenvalue weighted by Gasteiger charge is 2.28. The van der Waals surface area contributed by atoms with Crippen LogP contribution >= 0.6 is 11.3 Å². The molecule has 1 N–H and O–H groups in total. The van der Waals surface area contributed by atoms with Crippen LogP contribution in [0.2, 0.25) is 0 Å². The van der Waals surface area contributed by atoms with Crippen LogP contribution in [0.3, 0.4) is 0 Å². The lowest BCUT2D eigenvalue weighted by Crippen LogP contribution is -2.21. The van der Waals surface area contributed by atoms with Gasteiger partial charge in [-0.2, -0.15) is 5.26 Å². The standard InChI is InChI=1S/C30H25N3O6S/c1-36-23-13-17(14-24(37-2)28(23)38-3)12-18-8-9-21-26(20-6-4-5-7-22(20)32-27(18)21)30(35)39-16-25(34)33-29-19(15-31)10-11-40-29/h4-7,10-14H,8-9,16H2,1-3H3,(H,33,34). The highest BCUT2D eigenvalue weighted by atomic mass is 32.1. The third-order valence-electron chi connectivity index (χ3n) is 6.55. The molecule has 10 heteroatoms. The van der Waals surface area contributed by atoms with Gasteiger partial charge in [0.15, 0.2) is 18.1 Å². The number of fused-ring (bicyclic) bond motifs is 2. The molecule has 0 radical (unpaired) electrons. The molecule has 0 aliphatic heterocycles. The number of nitrogens with one attached hydrogen (secondary N) is 1. The molecule has 1 aliphatic carbocycles. The van der Waals surface area contributed by atoms with Gasteiger partial charge in [0, 0.05) is 5.39 Å². The van der Waals surface area contributed by atoms with Gasteiger partial charge in [0.2, 0.25) is 5.75 Å². The Morgan fingerprint density at radius 2 is 1.82 bits per heavy atom. The van der Waals surface area contributed by atoms with Crippen LogP contribution in [0.5, 0.6) is 17.2 Å². The van der Waals surface area contributed by atoms with E-state index >= 15 is 0 Å². The zero-order chi connectivity index (χ0) is 28.2. The first-order chi connectivity index (χ1) is 19.5. The fourth-order valence-corrected chi connectivity index (χ4v) is 5.51. The molecule has 1 aliphatic rings. The number of hydrogen-bond donors (Lipinski definition) is 1. The third-order valence-corrected chi connectivity index (χ3v) is 7.38. The van der Waals surface area contributed by atoms with Gasteiger partial charge in [-0.3, -0.25) is 4.79 Å². The number of nitrogens with zero attached hydrogens (tertiary/aromatic N) is 2. The molecule has 0 unspecified atom stereocenters. The molecule has 4 aromatic rings. The molecule has 40 heavy (non-hydrogen) atoms. The zero-order valence-corrected chi connectivity index (χ0v) is 22.9. The summed E-state index contributed by atoms with van der Waals surface area (Å²) in [5.41, 5.74) is 4.66. The molecular formula is C30H25N3O6S. The number of pyridine rings is 1. The number of thiophene rings is 1. The van der Waals surface area contributed by atoms with Crippen LogP contribution in [0.25, 0.3) is 22.6 Å². The van der Waals surface area contributed by atoms with Crippen molar-refractivity contribution in [1.29, 1.82) is 5.26 Å². The number of esters is 1. The highest BCUT2D eigenvalue weighted by molar-refractivity contribution is 7.14. The molecule has 5 rings (SSSR count). The average Bonchev–Trinajstić information content (AvgIpc) is 3.60. The summed E-state index contributed by atoms with van der Waals surface area (Å²) < 4.78 is 21.9. The summed E-state index contributed by atoms with van der Waals surface area (Å²) in [6.45, 7) is -0.485. The molecule has 2 heterocycles. The van der Waals surface area contributed by atoms with Gasteiger partial charge in [-0.15, -0.1) is 11.3 Å². The number of methoxy groups -OCH3 is 3. The second-order valence-corrected chi connectivity index (χ2v) is 9.77. The number of amides is 1. The van der Waals surface area contributed by atoms with Crippen molar-refractivity contribution in [2.24, 2.45) is 0 Å². The predicted octanol–water partition coefficient (Wildman–Crippen LogP) is 5.48. The highest BCUT2D eigenvalue weighted by Crippen LogP contribution is 2.41. The summed E-state index contributed by atoms with van der Waals surface area (Å²) in [6, 6.07) is 14.7. The van der Waals surface area contributed by atoms with Crippen molar-refractivity contribution in [2.45, 2.75) is 12.8 Å². The van der Waals surface area contributed by atoms with Crippen molar-refractivity contribution >= 4 is 50.8 Å². The third kappa shape index (κ3) is 5.07. The number of para-hydroxylation sites is 1. The molecule has 0 fully saturated rings. The zero-order valence-electron chi connectivity index (χ0n) is 22.1. The number of anilines is 1. The van der Waals surface area contributed by atoms with Crippen LogP contribution < -0.4 is 19.5 Å². The number of nitriles is 1. The van der Waals surface area contributed by atoms with Gasteiger partial charge in [0.1, 0.15) is 11.1 Å². The van der Waals surface area contributed by atoms with Crippen molar-refractivity contribution in [1.82, 2.24) is 4.98 Å². The number of allylic oxidation sites excluding steroid dienone is 1. The first kappa shape index (κ1) is 26.7. The first-order valence-electron chi connectivity index (χ1n) is 12.3. The van der Waals surface area contributed by atoms with E-state index in [0.717, 1.165) is 16.7 Å². The monoisotopic (exact) mass is 555 g/mol. The van der Waals surface area contributed by atoms with Crippen LogP contribution in [-0.4, -0.2) is 44.8 Å². The molecule has 0 saturated heterocycles. The second-order valence-electron chi connectivity index (χ2n) is 8.86. The molecule has 0 atom stereocenters. The van der Waals surface area contributed by atoms with E-state index in [4.69, 9.17) is 29.2 Å². The second kappa shape index (κ2) is 11.5. The van der Waals surface area contributed by atoms with E-state index in [2.05, 4.69) is 5.32 Å². The molecule has 2 aromatic heterocycles. The largest absolute Gasteiger partial charge is 0.493 e. The number of aromatic nitrogens is 1. The Balaban J connectivity index is 1.47. The smallest absolute Gasteiger partial charge is 0.339 e. The molecule has 202 valence electrons. The van der Waals surface area contributed by atoms with Crippen molar-refractivity contribution in [3.05, 3.63) is 75.8 Å². The fraction of sp³-hybridized carbons (Fsp3) is 0.200. The van der Waals surface area contributed by atoms with Gasteiger partial charge in [0.25, 0.3) is 5.91 Å². The number of rotatable bonds is 8. The Hall–Kier alpha value is -4.88. The molecular weight excluding hydrogens is 530 g/mol. The van der Waals surface area contributed by atoms with E-state index < -0.39 is 18.5 Å². The van der Waals surface area contributed by atoms with Crippen LogP contribution in [0.1, 0.15) is 39.2 Å². The van der Waals surface area contributed by atoms with Crippen LogP contribution in [0.15, 0.2) is 47.8 Å². The Labute approximate surface area is 234 Å². The van der Waals surface area contributed by atoms with E-state index in [9.17, 15) is 9.59 Å². The van der Waals surface area contributed by atoms with E-state index in [-0.39, 0.29) is 0 Å². The van der Waals surface area contributed by atoms with E-state index in [1.54, 1.807) is 32.8 Å². The number of hydrogen-bond acceptors (Lipinski definition) is 9. The van der Waals surface area contributed by atoms with Gasteiger partial charge in [-0.1, -0.05) is 18.2 Å². The molecule has 0 spiro atoms. The van der Waals surface area contributed by atoms with Gasteiger partial charge in [-0.05, 0) is 65.3 Å². The van der Waals surface area contributed by atoms with Crippen molar-refractivity contribution in [3.63, 3.8) is 0 Å². The molecule has 9 nitrogen and oxygen atoms in total. The minimum absolute atomic E-state index is 0.356. The van der Waals surface area contributed by atoms with Crippen molar-refractivity contribution < 1.29 is 28.5 Å². The Bertz CT molecular complexity index is 1680. The predicted molar refractivity (Wildman–Crippen MR) is 152 cm³/mol. The lowest BCUT2D eigenvalue weighted by atomic mass is 10.0. The SMILES string of the molecule is COc1cc(C=C2CCc3c2nc2ccccc2c3C(=O)OCC(=O)Nc2sccc2C#N)cc(OC)c1OC. The summed E-state index contributed by atoms with van der Waals surface area (Å²) in [5, 5.41) is 14.6. The average molecular weight is 556 g/mol. The van der Waals surface area contributed by atoms with Crippen LogP contribution in [0.4, 0.5) is 5.00 Å². The summed E-state index contributed by atoms with van der Waals surface area (Å²) in [6.07, 6.45) is 3.24. The van der Waals surface area contributed by atoms with E-state index in [1.165, 1.54) is 11.3 Å². The van der Waals surface area contributed by atoms with Crippen molar-refractivity contribution in [3.8, 4) is 23.3 Å². The maximum atomic E-state index is 13.4. The normalized spacial score (nSPS) is 13.0. The fourth-order valence-electron chi connectivity index (χ4n) is 4.76. The summed E-state index contributed by atoms with van der Waals surface area (Å²) in [5.74, 6) is 0.437. The number of ether oxygens (including phenoxy) is 4. The van der Waals surface area contributed by atoms with Gasteiger partial charge in [0.05, 0.1) is 43.7 Å². The van der Waals surface area contributed by atoms with Gasteiger partial charge in [-0.25, -0.2) is 9.78 Å². The maximum Gasteiger partial charge on any atom is 0.339 e. The van der Waals surface area contributed by atoms with Crippen LogP contribution in [-0.2, 0) is 16.0 Å². The molecule has 2 aromatic carbocycles. The summed E-state index contributed by atoms with van der Waals surface area (Å²) in [7, 11) is 4.68. The maximum absolute atomic E-state index is 13.4. The molecule has 0 bridgehead atoms. The van der Waals surface area contributed by atoms with Gasteiger partial charge < -0.3 is 24.3 Å². The van der Waals surface area contributed by atoms with E-state index in [1.807, 2.05) is 48.5 Å². The lowest BCUT2D eigenvalue weighted by Gasteiger charge is -2.14. The number of benzene rings is 2. The molecule has 1 amide bonds. The minimum atomic E-state index is -0.606. The van der Waals surface area contributed by atoms with Gasteiger partial charge >= 0.3 is 5.97 Å². The summed E-state index contributed by atoms with van der Waals surface area (Å²) in [4.78, 5) is 30.8. The first-order valence-corrected chi connectivity index (χ1v) is 13.2. The Morgan fingerprint density at radius 3 is 2.52 bits per heavy atom. The minimum Gasteiger partial charge on any atom is -0.493 e. The Morgan fingerprint density at radius 1 is 1.07 bits per heavy atom. The number of carbonyl (C=O) groups excluding carboxylic acids is 2. The Kier molecular flexibility index (Phi) is 7.66. The number of carbonyl (C=O) groups is 2. The lowest BCUT2D eigenvalue weighted by molar-refractivity contribution is -0.119. The van der Waals surface area contributed by atoms with E-state index in [0.29, 0.717) is 62.8 Å². The topological polar surface area (TPSA) is 120 Å². The quantitative estimate of drug-likeness (QED) is 0.284. The van der Waals surface area contributed by atoms with Crippen molar-refractivity contribution in [2.75, 3.05) is 33.3 Å². The summed E-state index contributed by atoms with van der Waals surface area (Å²) >= 11 is 1.23. The molecule has 0 saturated carbocycles.